The number of nitrogens with zero attached hydrogens (tertiary/aromatic N) is 1. The molecule has 1 aliphatic carbocycles. The number of Topliss-reactive ketones (excluding diaryl/α,β-unsaturated/α-hetero) is 1. The molecule has 1 aromatic heterocycles. The fourth-order valence-electron chi connectivity index (χ4n) is 5.02. The summed E-state index contributed by atoms with van der Waals surface area (Å²) in [5.41, 5.74) is 3.19. The Balaban J connectivity index is 1.45. The number of ketones is 1. The zero-order valence-corrected chi connectivity index (χ0v) is 19.8. The summed E-state index contributed by atoms with van der Waals surface area (Å²) in [5.74, 6) is 1.45. The average molecular weight is 460 g/mol. The number of allylic oxidation sites excluding steroid dienone is 1. The summed E-state index contributed by atoms with van der Waals surface area (Å²) in [6.45, 7) is 4.72. The highest BCUT2D eigenvalue weighted by atomic mass is 16.5. The summed E-state index contributed by atoms with van der Waals surface area (Å²) in [4.78, 5) is 25.8. The van der Waals surface area contributed by atoms with Crippen molar-refractivity contribution in [3.05, 3.63) is 59.0 Å². The molecule has 0 atom stereocenters. The zero-order valence-electron chi connectivity index (χ0n) is 19.8. The number of benzene rings is 2. The SMILES string of the molecule is CCn1cc(/C=C2\Oc3cc(OC(=O)C4CCCCC4)cc(C)c3C2=O)c2cc(OC)ccc21. The quantitative estimate of drug-likeness (QED) is 0.263. The van der Waals surface area contributed by atoms with E-state index in [1.807, 2.05) is 31.3 Å². The zero-order chi connectivity index (χ0) is 23.8. The number of esters is 1. The van der Waals surface area contributed by atoms with Crippen LogP contribution in [-0.2, 0) is 11.3 Å². The molecule has 5 rings (SSSR count). The van der Waals surface area contributed by atoms with Gasteiger partial charge in [0, 0.05) is 35.3 Å². The third kappa shape index (κ3) is 3.98. The van der Waals surface area contributed by atoms with E-state index in [-0.39, 0.29) is 23.4 Å². The summed E-state index contributed by atoms with van der Waals surface area (Å²) in [7, 11) is 1.64. The number of ether oxygens (including phenoxy) is 3. The molecule has 1 saturated carbocycles. The predicted octanol–water partition coefficient (Wildman–Crippen LogP) is 6.08. The Labute approximate surface area is 199 Å². The number of aromatic nitrogens is 1. The van der Waals surface area contributed by atoms with E-state index in [0.717, 1.165) is 60.0 Å². The lowest BCUT2D eigenvalue weighted by Crippen LogP contribution is -2.22. The van der Waals surface area contributed by atoms with Crippen LogP contribution in [0.15, 0.2) is 42.3 Å². The molecule has 0 radical (unpaired) electrons. The molecule has 2 aromatic carbocycles. The van der Waals surface area contributed by atoms with Crippen molar-refractivity contribution in [3.8, 4) is 17.2 Å². The molecule has 0 bridgehead atoms. The average Bonchev–Trinajstić information content (AvgIpc) is 3.36. The minimum atomic E-state index is -0.194. The number of methoxy groups -OCH3 is 1. The normalized spacial score (nSPS) is 17.1. The predicted molar refractivity (Wildman–Crippen MR) is 130 cm³/mol. The van der Waals surface area contributed by atoms with Crippen LogP contribution in [0, 0.1) is 12.8 Å². The molecule has 0 amide bonds. The van der Waals surface area contributed by atoms with Gasteiger partial charge in [0.1, 0.15) is 17.2 Å². The molecule has 0 spiro atoms. The maximum atomic E-state index is 13.2. The maximum absolute atomic E-state index is 13.2. The van der Waals surface area contributed by atoms with E-state index in [1.165, 1.54) is 6.42 Å². The fourth-order valence-corrected chi connectivity index (χ4v) is 5.02. The number of carbonyl (C=O) groups excluding carboxylic acids is 2. The summed E-state index contributed by atoms with van der Waals surface area (Å²) in [6.07, 6.45) is 8.85. The minimum Gasteiger partial charge on any atom is -0.497 e. The van der Waals surface area contributed by atoms with Gasteiger partial charge in [0.05, 0.1) is 18.6 Å². The van der Waals surface area contributed by atoms with Crippen LogP contribution in [-0.4, -0.2) is 23.4 Å². The van der Waals surface area contributed by atoms with E-state index in [9.17, 15) is 9.59 Å². The first-order chi connectivity index (χ1) is 16.5. The molecule has 1 fully saturated rings. The smallest absolute Gasteiger partial charge is 0.314 e. The van der Waals surface area contributed by atoms with E-state index < -0.39 is 0 Å². The molecular weight excluding hydrogens is 430 g/mol. The van der Waals surface area contributed by atoms with Crippen LogP contribution in [0.1, 0.15) is 60.5 Å². The van der Waals surface area contributed by atoms with E-state index in [0.29, 0.717) is 17.1 Å². The number of hydrogen-bond donors (Lipinski definition) is 0. The van der Waals surface area contributed by atoms with Gasteiger partial charge in [-0.05, 0) is 62.6 Å². The molecule has 1 aliphatic heterocycles. The summed E-state index contributed by atoms with van der Waals surface area (Å²) in [5, 5.41) is 0.986. The lowest BCUT2D eigenvalue weighted by atomic mass is 9.89. The van der Waals surface area contributed by atoms with Crippen molar-refractivity contribution in [2.24, 2.45) is 5.92 Å². The van der Waals surface area contributed by atoms with Crippen molar-refractivity contribution in [1.82, 2.24) is 4.57 Å². The molecule has 0 saturated heterocycles. The van der Waals surface area contributed by atoms with Gasteiger partial charge in [0.2, 0.25) is 5.78 Å². The van der Waals surface area contributed by atoms with Crippen molar-refractivity contribution < 1.29 is 23.8 Å². The van der Waals surface area contributed by atoms with Crippen LogP contribution < -0.4 is 14.2 Å². The van der Waals surface area contributed by atoms with E-state index in [4.69, 9.17) is 14.2 Å². The minimum absolute atomic E-state index is 0.0480. The van der Waals surface area contributed by atoms with Crippen LogP contribution in [0.25, 0.3) is 17.0 Å². The molecule has 6 nitrogen and oxygen atoms in total. The molecule has 0 unspecified atom stereocenters. The fraction of sp³-hybridized carbons (Fsp3) is 0.357. The van der Waals surface area contributed by atoms with E-state index in [1.54, 1.807) is 25.3 Å². The van der Waals surface area contributed by atoms with Gasteiger partial charge >= 0.3 is 5.97 Å². The van der Waals surface area contributed by atoms with E-state index in [2.05, 4.69) is 11.5 Å². The van der Waals surface area contributed by atoms with E-state index >= 15 is 0 Å². The molecule has 176 valence electrons. The summed E-state index contributed by atoms with van der Waals surface area (Å²) < 4.78 is 19.2. The van der Waals surface area contributed by atoms with Crippen molar-refractivity contribution in [1.29, 1.82) is 0 Å². The van der Waals surface area contributed by atoms with Gasteiger partial charge in [0.25, 0.3) is 0 Å². The second-order valence-electron chi connectivity index (χ2n) is 9.06. The molecule has 3 aromatic rings. The lowest BCUT2D eigenvalue weighted by molar-refractivity contribution is -0.139. The highest BCUT2D eigenvalue weighted by Gasteiger charge is 2.31. The standard InChI is InChI=1S/C28H29NO5/c1-4-29-16-19(22-14-20(32-3)10-11-23(22)29)13-25-27(30)26-17(2)12-21(15-24(26)34-25)33-28(31)18-8-6-5-7-9-18/h10-16,18H,4-9H2,1-3H3/b25-13-. The molecule has 34 heavy (non-hydrogen) atoms. The Morgan fingerprint density at radius 3 is 2.68 bits per heavy atom. The Morgan fingerprint density at radius 1 is 1.15 bits per heavy atom. The van der Waals surface area contributed by atoms with Gasteiger partial charge in [-0.15, -0.1) is 0 Å². The van der Waals surface area contributed by atoms with Crippen LogP contribution >= 0.6 is 0 Å². The van der Waals surface area contributed by atoms with Gasteiger partial charge in [-0.2, -0.15) is 0 Å². The third-order valence-electron chi connectivity index (χ3n) is 6.85. The Hall–Kier alpha value is -3.54. The van der Waals surface area contributed by atoms with Gasteiger partial charge in [0.15, 0.2) is 5.76 Å². The summed E-state index contributed by atoms with van der Waals surface area (Å²) >= 11 is 0. The van der Waals surface area contributed by atoms with Crippen LogP contribution in [0.4, 0.5) is 0 Å². The molecule has 6 heteroatoms. The monoisotopic (exact) mass is 459 g/mol. The lowest BCUT2D eigenvalue weighted by Gasteiger charge is -2.20. The van der Waals surface area contributed by atoms with Gasteiger partial charge in [-0.1, -0.05) is 19.3 Å². The first-order valence-electron chi connectivity index (χ1n) is 12.0. The number of carbonyl (C=O) groups is 2. The highest BCUT2D eigenvalue weighted by molar-refractivity contribution is 6.16. The molecule has 2 aliphatic rings. The third-order valence-corrected chi connectivity index (χ3v) is 6.85. The van der Waals surface area contributed by atoms with Crippen LogP contribution in [0.3, 0.4) is 0 Å². The van der Waals surface area contributed by atoms with Crippen LogP contribution in [0.5, 0.6) is 17.2 Å². The number of fused-ring (bicyclic) bond motifs is 2. The van der Waals surface area contributed by atoms with Crippen molar-refractivity contribution in [2.45, 2.75) is 52.5 Å². The second-order valence-corrected chi connectivity index (χ2v) is 9.06. The Bertz CT molecular complexity index is 1310. The number of rotatable bonds is 5. The summed E-state index contributed by atoms with van der Waals surface area (Å²) in [6, 6.07) is 9.31. The number of aryl methyl sites for hydroxylation is 2. The van der Waals surface area contributed by atoms with Crippen molar-refractivity contribution in [3.63, 3.8) is 0 Å². The van der Waals surface area contributed by atoms with Gasteiger partial charge in [-0.3, -0.25) is 9.59 Å². The second kappa shape index (κ2) is 9.01. The molecule has 0 N–H and O–H groups in total. The maximum Gasteiger partial charge on any atom is 0.314 e. The van der Waals surface area contributed by atoms with Gasteiger partial charge < -0.3 is 18.8 Å². The largest absolute Gasteiger partial charge is 0.497 e. The molecular formula is C28H29NO5. The van der Waals surface area contributed by atoms with Crippen LogP contribution in [0.2, 0.25) is 0 Å². The Morgan fingerprint density at radius 2 is 1.94 bits per heavy atom. The first-order valence-corrected chi connectivity index (χ1v) is 12.0. The van der Waals surface area contributed by atoms with Gasteiger partial charge in [-0.25, -0.2) is 0 Å². The molecule has 2 heterocycles. The number of hydrogen-bond acceptors (Lipinski definition) is 5. The topological polar surface area (TPSA) is 66.8 Å². The first kappa shape index (κ1) is 22.3. The highest BCUT2D eigenvalue weighted by Crippen LogP contribution is 2.39. The van der Waals surface area contributed by atoms with Crippen molar-refractivity contribution >= 4 is 28.7 Å². The Kier molecular flexibility index (Phi) is 5.90. The van der Waals surface area contributed by atoms with Crippen molar-refractivity contribution in [2.75, 3.05) is 7.11 Å².